The molecule has 1 N–H and O–H groups in total. The summed E-state index contributed by atoms with van der Waals surface area (Å²) in [7, 11) is 0. The van der Waals surface area contributed by atoms with Gasteiger partial charge in [-0.15, -0.1) is 0 Å². The first-order chi connectivity index (χ1) is 9.56. The van der Waals surface area contributed by atoms with E-state index in [0.29, 0.717) is 22.0 Å². The highest BCUT2D eigenvalue weighted by molar-refractivity contribution is 6.35. The number of aromatic nitrogens is 2. The number of hydrogen-bond donors (Lipinski definition) is 1. The summed E-state index contributed by atoms with van der Waals surface area (Å²) in [6.45, 7) is 3.45. The van der Waals surface area contributed by atoms with Gasteiger partial charge in [-0.2, -0.15) is 4.98 Å². The third-order valence-electron chi connectivity index (χ3n) is 2.87. The highest BCUT2D eigenvalue weighted by atomic mass is 35.5. The number of rotatable bonds is 2. The number of benzene rings is 1. The number of hydrogen-bond acceptors (Lipinski definition) is 5. The van der Waals surface area contributed by atoms with Crippen LogP contribution in [0.25, 0.3) is 11.0 Å². The lowest BCUT2D eigenvalue weighted by Crippen LogP contribution is -2.12. The van der Waals surface area contributed by atoms with Crippen molar-refractivity contribution in [1.29, 1.82) is 0 Å². The molecule has 102 valence electrons. The number of nitrogens with one attached hydrogen (secondary N) is 1. The van der Waals surface area contributed by atoms with Gasteiger partial charge in [0.15, 0.2) is 17.2 Å². The first-order valence-electron chi connectivity index (χ1n) is 5.85. The quantitative estimate of drug-likeness (QED) is 0.783. The number of para-hydroxylation sites is 1. The van der Waals surface area contributed by atoms with Crippen LogP contribution in [0.4, 0.5) is 6.01 Å². The van der Waals surface area contributed by atoms with Crippen molar-refractivity contribution < 1.29 is 13.7 Å². The zero-order chi connectivity index (χ0) is 14.3. The minimum absolute atomic E-state index is 0.0263. The van der Waals surface area contributed by atoms with Crippen molar-refractivity contribution in [3.63, 3.8) is 0 Å². The van der Waals surface area contributed by atoms with Crippen molar-refractivity contribution in [2.45, 2.75) is 13.8 Å². The summed E-state index contributed by atoms with van der Waals surface area (Å²) in [5, 5.41) is 7.33. The van der Waals surface area contributed by atoms with E-state index in [1.54, 1.807) is 26.0 Å². The normalized spacial score (nSPS) is 10.9. The molecular weight excluding hydrogens is 282 g/mol. The second kappa shape index (κ2) is 4.64. The number of carbonyl (C=O) groups excluding carboxylic acids is 1. The van der Waals surface area contributed by atoms with Crippen LogP contribution in [0.2, 0.25) is 5.02 Å². The predicted octanol–water partition coefficient (Wildman–Crippen LogP) is 3.34. The lowest BCUT2D eigenvalue weighted by atomic mass is 10.1. The summed E-state index contributed by atoms with van der Waals surface area (Å²) >= 11 is 6.04. The first kappa shape index (κ1) is 12.7. The van der Waals surface area contributed by atoms with E-state index in [1.807, 2.05) is 6.07 Å². The van der Waals surface area contributed by atoms with Crippen molar-refractivity contribution >= 4 is 34.5 Å². The maximum Gasteiger partial charge on any atom is 0.328 e. The Morgan fingerprint density at radius 2 is 2.15 bits per heavy atom. The molecule has 3 rings (SSSR count). The number of aryl methyl sites for hydroxylation is 2. The molecule has 2 aromatic heterocycles. The highest BCUT2D eigenvalue weighted by Crippen LogP contribution is 2.30. The Morgan fingerprint density at radius 3 is 2.80 bits per heavy atom. The van der Waals surface area contributed by atoms with Gasteiger partial charge in [0.1, 0.15) is 0 Å². The van der Waals surface area contributed by atoms with Crippen LogP contribution in [-0.2, 0) is 0 Å². The van der Waals surface area contributed by atoms with Crippen molar-refractivity contribution in [3.8, 4) is 0 Å². The van der Waals surface area contributed by atoms with Crippen LogP contribution in [0.3, 0.4) is 0 Å². The van der Waals surface area contributed by atoms with Crippen LogP contribution in [0, 0.1) is 13.8 Å². The van der Waals surface area contributed by atoms with Gasteiger partial charge < -0.3 is 8.94 Å². The average molecular weight is 292 g/mol. The fraction of sp³-hybridized carbons (Fsp3) is 0.154. The van der Waals surface area contributed by atoms with Crippen molar-refractivity contribution in [2.75, 3.05) is 5.32 Å². The first-order valence-corrected chi connectivity index (χ1v) is 6.23. The fourth-order valence-electron chi connectivity index (χ4n) is 1.93. The Bertz CT molecular complexity index is 806. The number of fused-ring (bicyclic) bond motifs is 1. The Balaban J connectivity index is 1.99. The van der Waals surface area contributed by atoms with Gasteiger partial charge in [0.05, 0.1) is 5.02 Å². The number of nitrogens with zero attached hydrogens (tertiary/aromatic N) is 2. The maximum atomic E-state index is 12.1. The summed E-state index contributed by atoms with van der Waals surface area (Å²) in [5.41, 5.74) is 1.19. The minimum Gasteiger partial charge on any atom is -0.449 e. The Morgan fingerprint density at radius 1 is 1.35 bits per heavy atom. The van der Waals surface area contributed by atoms with Crippen LogP contribution < -0.4 is 5.32 Å². The molecule has 0 bridgehead atoms. The minimum atomic E-state index is -0.460. The van der Waals surface area contributed by atoms with Crippen LogP contribution in [0.5, 0.6) is 0 Å². The van der Waals surface area contributed by atoms with Gasteiger partial charge in [-0.3, -0.25) is 10.1 Å². The lowest BCUT2D eigenvalue weighted by molar-refractivity contribution is 0.0994. The number of anilines is 1. The summed E-state index contributed by atoms with van der Waals surface area (Å²) in [6.07, 6.45) is 0. The number of carbonyl (C=O) groups is 1. The second-order valence-corrected chi connectivity index (χ2v) is 4.68. The molecule has 0 atom stereocenters. The van der Waals surface area contributed by atoms with Gasteiger partial charge in [0, 0.05) is 10.9 Å². The molecule has 0 saturated carbocycles. The van der Waals surface area contributed by atoms with Gasteiger partial charge >= 0.3 is 6.01 Å². The zero-order valence-corrected chi connectivity index (χ0v) is 11.5. The SMILES string of the molecule is Cc1noc(NC(=O)c2oc3c(Cl)cccc3c2C)n1. The predicted molar refractivity (Wildman–Crippen MR) is 72.9 cm³/mol. The number of furan rings is 1. The van der Waals surface area contributed by atoms with Crippen LogP contribution in [0.15, 0.2) is 27.1 Å². The van der Waals surface area contributed by atoms with Crippen molar-refractivity contribution in [1.82, 2.24) is 10.1 Å². The molecule has 7 heteroatoms. The van der Waals surface area contributed by atoms with E-state index in [0.717, 1.165) is 5.39 Å². The van der Waals surface area contributed by atoms with Crippen LogP contribution in [-0.4, -0.2) is 16.0 Å². The number of halogens is 1. The molecule has 0 aliphatic carbocycles. The fourth-order valence-corrected chi connectivity index (χ4v) is 2.14. The molecule has 3 aromatic rings. The molecular formula is C13H10ClN3O3. The molecule has 0 aliphatic heterocycles. The maximum absolute atomic E-state index is 12.1. The largest absolute Gasteiger partial charge is 0.449 e. The van der Waals surface area contributed by atoms with Crippen LogP contribution in [0.1, 0.15) is 21.9 Å². The van der Waals surface area contributed by atoms with E-state index in [-0.39, 0.29) is 11.8 Å². The molecule has 2 heterocycles. The second-order valence-electron chi connectivity index (χ2n) is 4.27. The molecule has 0 fully saturated rings. The highest BCUT2D eigenvalue weighted by Gasteiger charge is 2.20. The monoisotopic (exact) mass is 291 g/mol. The topological polar surface area (TPSA) is 81.2 Å². The summed E-state index contributed by atoms with van der Waals surface area (Å²) in [6, 6.07) is 5.37. The van der Waals surface area contributed by atoms with Crippen molar-refractivity contribution in [2.24, 2.45) is 0 Å². The van der Waals surface area contributed by atoms with Gasteiger partial charge in [-0.05, 0) is 19.9 Å². The van der Waals surface area contributed by atoms with E-state index >= 15 is 0 Å². The molecule has 0 saturated heterocycles. The number of amides is 1. The molecule has 1 aromatic carbocycles. The smallest absolute Gasteiger partial charge is 0.328 e. The molecule has 6 nitrogen and oxygen atoms in total. The molecule has 1 amide bonds. The Hall–Kier alpha value is -2.34. The zero-order valence-electron chi connectivity index (χ0n) is 10.7. The van der Waals surface area contributed by atoms with Gasteiger partial charge in [-0.25, -0.2) is 0 Å². The Labute approximate surface area is 118 Å². The molecule has 0 unspecified atom stereocenters. The van der Waals surface area contributed by atoms with E-state index in [2.05, 4.69) is 15.5 Å². The van der Waals surface area contributed by atoms with Gasteiger partial charge in [0.2, 0.25) is 0 Å². The molecule has 0 radical (unpaired) electrons. The van der Waals surface area contributed by atoms with Gasteiger partial charge in [-0.1, -0.05) is 28.9 Å². The molecule has 0 aliphatic rings. The summed E-state index contributed by atoms with van der Waals surface area (Å²) < 4.78 is 10.4. The third-order valence-corrected chi connectivity index (χ3v) is 3.17. The van der Waals surface area contributed by atoms with E-state index in [9.17, 15) is 4.79 Å². The Kier molecular flexibility index (Phi) is 2.94. The van der Waals surface area contributed by atoms with E-state index < -0.39 is 5.91 Å². The van der Waals surface area contributed by atoms with Crippen molar-refractivity contribution in [3.05, 3.63) is 40.4 Å². The standard InChI is InChI=1S/C13H10ClN3O3/c1-6-8-4-3-5-9(14)11(8)19-10(6)12(18)16-13-15-7(2)17-20-13/h3-5H,1-2H3,(H,15,16,17,18). The summed E-state index contributed by atoms with van der Waals surface area (Å²) in [5.74, 6) is 0.145. The lowest BCUT2D eigenvalue weighted by Gasteiger charge is -1.97. The molecule has 0 spiro atoms. The molecule has 20 heavy (non-hydrogen) atoms. The van der Waals surface area contributed by atoms with E-state index in [4.69, 9.17) is 20.5 Å². The van der Waals surface area contributed by atoms with E-state index in [1.165, 1.54) is 0 Å². The van der Waals surface area contributed by atoms with Crippen LogP contribution >= 0.6 is 11.6 Å². The van der Waals surface area contributed by atoms with Gasteiger partial charge in [0.25, 0.3) is 5.91 Å². The third kappa shape index (κ3) is 2.04. The average Bonchev–Trinajstić information content (AvgIpc) is 2.95. The summed E-state index contributed by atoms with van der Waals surface area (Å²) in [4.78, 5) is 16.0.